The first-order valence-electron chi connectivity index (χ1n) is 5.69. The van der Waals surface area contributed by atoms with Gasteiger partial charge in [-0.2, -0.15) is 0 Å². The summed E-state index contributed by atoms with van der Waals surface area (Å²) in [6.45, 7) is 4.95. The first-order chi connectivity index (χ1) is 8.04. The zero-order valence-corrected chi connectivity index (χ0v) is 11.3. The molecule has 0 aromatic carbocycles. The Hall–Kier alpha value is -1.14. The van der Waals surface area contributed by atoms with Crippen molar-refractivity contribution in [3.63, 3.8) is 0 Å². The van der Waals surface area contributed by atoms with E-state index in [0.717, 1.165) is 6.42 Å². The van der Waals surface area contributed by atoms with Gasteiger partial charge in [0.05, 0.1) is 0 Å². The van der Waals surface area contributed by atoms with Crippen molar-refractivity contribution in [1.29, 1.82) is 0 Å². The molecule has 0 aliphatic carbocycles. The molecule has 0 bridgehead atoms. The molecule has 0 unspecified atom stereocenters. The van der Waals surface area contributed by atoms with E-state index in [2.05, 4.69) is 10.3 Å². The number of rotatable bonds is 6. The highest BCUT2D eigenvalue weighted by Gasteiger charge is 2.23. The van der Waals surface area contributed by atoms with Crippen LogP contribution in [0.25, 0.3) is 0 Å². The Balaban J connectivity index is 3.13. The second kappa shape index (κ2) is 5.97. The summed E-state index contributed by atoms with van der Waals surface area (Å²) in [5, 5.41) is 3.03. The Morgan fingerprint density at radius 3 is 2.71 bits per heavy atom. The summed E-state index contributed by atoms with van der Waals surface area (Å²) in [6, 6.07) is 3.21. The summed E-state index contributed by atoms with van der Waals surface area (Å²) < 4.78 is 25.7. The lowest BCUT2D eigenvalue weighted by molar-refractivity contribution is 0.486. The van der Waals surface area contributed by atoms with Gasteiger partial charge in [-0.05, 0) is 18.6 Å². The van der Waals surface area contributed by atoms with E-state index in [0.29, 0.717) is 18.9 Å². The van der Waals surface area contributed by atoms with E-state index in [4.69, 9.17) is 0 Å². The van der Waals surface area contributed by atoms with Crippen LogP contribution in [0.3, 0.4) is 0 Å². The Bertz CT molecular complexity index is 460. The lowest BCUT2D eigenvalue weighted by Crippen LogP contribution is -2.27. The van der Waals surface area contributed by atoms with Crippen molar-refractivity contribution in [2.24, 2.45) is 0 Å². The number of hydrogen-bond acceptors (Lipinski definition) is 4. The maximum Gasteiger partial charge on any atom is 0.246 e. The van der Waals surface area contributed by atoms with Crippen LogP contribution >= 0.6 is 0 Å². The van der Waals surface area contributed by atoms with Crippen LogP contribution in [0, 0.1) is 0 Å². The van der Waals surface area contributed by atoms with Crippen LogP contribution in [0.4, 0.5) is 5.82 Å². The van der Waals surface area contributed by atoms with E-state index in [1.807, 2.05) is 6.92 Å². The largest absolute Gasteiger partial charge is 0.369 e. The minimum atomic E-state index is -3.44. The van der Waals surface area contributed by atoms with Gasteiger partial charge in [0.15, 0.2) is 0 Å². The van der Waals surface area contributed by atoms with Crippen LogP contribution in [0.15, 0.2) is 23.2 Å². The number of sulfonamides is 1. The molecule has 0 atom stereocenters. The van der Waals surface area contributed by atoms with Gasteiger partial charge < -0.3 is 5.32 Å². The molecule has 17 heavy (non-hydrogen) atoms. The summed E-state index contributed by atoms with van der Waals surface area (Å²) in [5.41, 5.74) is 0. The van der Waals surface area contributed by atoms with Gasteiger partial charge >= 0.3 is 0 Å². The van der Waals surface area contributed by atoms with Crippen LogP contribution < -0.4 is 5.32 Å². The van der Waals surface area contributed by atoms with Gasteiger partial charge in [0.2, 0.25) is 10.0 Å². The fourth-order valence-corrected chi connectivity index (χ4v) is 2.61. The number of hydrogen-bond donors (Lipinski definition) is 1. The molecule has 0 aliphatic rings. The summed E-state index contributed by atoms with van der Waals surface area (Å²) in [7, 11) is -1.88. The number of aromatic nitrogens is 1. The van der Waals surface area contributed by atoms with E-state index in [9.17, 15) is 8.42 Å². The molecule has 0 aliphatic heterocycles. The Morgan fingerprint density at radius 2 is 2.12 bits per heavy atom. The molecule has 1 rings (SSSR count). The third kappa shape index (κ3) is 3.17. The summed E-state index contributed by atoms with van der Waals surface area (Å²) in [5.74, 6) is 0.426. The lowest BCUT2D eigenvalue weighted by atomic mass is 10.4. The molecule has 0 saturated carbocycles. The molecule has 1 heterocycles. The van der Waals surface area contributed by atoms with E-state index in [1.54, 1.807) is 32.3 Å². The molecule has 6 heteroatoms. The van der Waals surface area contributed by atoms with Crippen molar-refractivity contribution in [2.75, 3.05) is 25.5 Å². The quantitative estimate of drug-likeness (QED) is 0.839. The van der Waals surface area contributed by atoms with Crippen LogP contribution in [0.1, 0.15) is 20.3 Å². The molecule has 0 fully saturated rings. The minimum absolute atomic E-state index is 0.234. The fraction of sp³-hybridized carbons (Fsp3) is 0.545. The molecule has 0 radical (unpaired) electrons. The zero-order valence-electron chi connectivity index (χ0n) is 10.5. The average Bonchev–Trinajstić information content (AvgIpc) is 2.35. The molecule has 96 valence electrons. The highest BCUT2D eigenvalue weighted by Crippen LogP contribution is 2.21. The second-order valence-corrected chi connectivity index (χ2v) is 5.71. The second-order valence-electron chi connectivity index (χ2n) is 3.70. The van der Waals surface area contributed by atoms with Crippen molar-refractivity contribution in [1.82, 2.24) is 9.29 Å². The van der Waals surface area contributed by atoms with Gasteiger partial charge in [-0.1, -0.05) is 13.8 Å². The van der Waals surface area contributed by atoms with E-state index >= 15 is 0 Å². The molecule has 1 aromatic rings. The molecular formula is C11H19N3O2S. The van der Waals surface area contributed by atoms with E-state index in [1.165, 1.54) is 4.31 Å². The Morgan fingerprint density at radius 1 is 1.41 bits per heavy atom. The first-order valence-corrected chi connectivity index (χ1v) is 7.13. The molecule has 0 saturated heterocycles. The monoisotopic (exact) mass is 257 g/mol. The van der Waals surface area contributed by atoms with Gasteiger partial charge in [0.25, 0.3) is 0 Å². The standard InChI is InChI=1S/C11H19N3O2S/c1-4-8-12-11-10(7-6-9-13-11)17(15,16)14(3)5-2/h6-7,9H,4-5,8H2,1-3H3,(H,12,13). The first kappa shape index (κ1) is 13.9. The van der Waals surface area contributed by atoms with Gasteiger partial charge in [-0.15, -0.1) is 0 Å². The lowest BCUT2D eigenvalue weighted by Gasteiger charge is -2.17. The predicted octanol–water partition coefficient (Wildman–Crippen LogP) is 1.54. The highest BCUT2D eigenvalue weighted by atomic mass is 32.2. The number of nitrogens with zero attached hydrogens (tertiary/aromatic N) is 2. The molecule has 0 amide bonds. The smallest absolute Gasteiger partial charge is 0.246 e. The Kier molecular flexibility index (Phi) is 4.89. The normalized spacial score (nSPS) is 11.8. The van der Waals surface area contributed by atoms with E-state index < -0.39 is 10.0 Å². The van der Waals surface area contributed by atoms with Gasteiger partial charge in [0.1, 0.15) is 10.7 Å². The SMILES string of the molecule is CCCNc1ncccc1S(=O)(=O)N(C)CC. The summed E-state index contributed by atoms with van der Waals surface area (Å²) >= 11 is 0. The van der Waals surface area contributed by atoms with Crippen LogP contribution in [0.5, 0.6) is 0 Å². The number of anilines is 1. The van der Waals surface area contributed by atoms with Crippen molar-refractivity contribution >= 4 is 15.8 Å². The molecular weight excluding hydrogens is 238 g/mol. The maximum atomic E-state index is 12.2. The van der Waals surface area contributed by atoms with Crippen LogP contribution in [-0.4, -0.2) is 37.8 Å². The topological polar surface area (TPSA) is 62.3 Å². The Labute approximate surface area is 103 Å². The molecule has 5 nitrogen and oxygen atoms in total. The fourth-order valence-electron chi connectivity index (χ4n) is 1.31. The zero-order chi connectivity index (χ0) is 12.9. The third-order valence-corrected chi connectivity index (χ3v) is 4.41. The van der Waals surface area contributed by atoms with Crippen molar-refractivity contribution in [2.45, 2.75) is 25.2 Å². The van der Waals surface area contributed by atoms with Gasteiger partial charge in [-0.3, -0.25) is 0 Å². The van der Waals surface area contributed by atoms with Crippen molar-refractivity contribution in [3.05, 3.63) is 18.3 Å². The van der Waals surface area contributed by atoms with Gasteiger partial charge in [-0.25, -0.2) is 17.7 Å². The number of pyridine rings is 1. The van der Waals surface area contributed by atoms with Crippen molar-refractivity contribution < 1.29 is 8.42 Å². The highest BCUT2D eigenvalue weighted by molar-refractivity contribution is 7.89. The summed E-state index contributed by atoms with van der Waals surface area (Å²) in [6.07, 6.45) is 2.50. The average molecular weight is 257 g/mol. The maximum absolute atomic E-state index is 12.2. The van der Waals surface area contributed by atoms with Gasteiger partial charge in [0, 0.05) is 26.3 Å². The number of nitrogens with one attached hydrogen (secondary N) is 1. The van der Waals surface area contributed by atoms with Crippen LogP contribution in [0.2, 0.25) is 0 Å². The minimum Gasteiger partial charge on any atom is -0.369 e. The molecule has 1 aromatic heterocycles. The van der Waals surface area contributed by atoms with Crippen LogP contribution in [-0.2, 0) is 10.0 Å². The molecule has 0 spiro atoms. The summed E-state index contributed by atoms with van der Waals surface area (Å²) in [4.78, 5) is 4.32. The third-order valence-electron chi connectivity index (χ3n) is 2.45. The molecule has 1 N–H and O–H groups in total. The predicted molar refractivity (Wildman–Crippen MR) is 68.5 cm³/mol. The van der Waals surface area contributed by atoms with Crippen molar-refractivity contribution in [3.8, 4) is 0 Å². The van der Waals surface area contributed by atoms with E-state index in [-0.39, 0.29) is 4.90 Å².